The molecule has 0 amide bonds. The average Bonchev–Trinajstić information content (AvgIpc) is 2.66. The van der Waals surface area contributed by atoms with Gasteiger partial charge in [0.25, 0.3) is 0 Å². The second-order valence-electron chi connectivity index (χ2n) is 3.68. The van der Waals surface area contributed by atoms with Crippen molar-refractivity contribution < 1.29 is 0 Å². The Morgan fingerprint density at radius 2 is 2.12 bits per heavy atom. The summed E-state index contributed by atoms with van der Waals surface area (Å²) >= 11 is 5.09. The molecule has 0 aliphatic rings. The normalized spacial score (nSPS) is 10.4. The van der Waals surface area contributed by atoms with Crippen LogP contribution in [0.5, 0.6) is 0 Å². The zero-order valence-corrected chi connectivity index (χ0v) is 11.5. The van der Waals surface area contributed by atoms with Gasteiger partial charge in [0.15, 0.2) is 0 Å². The van der Waals surface area contributed by atoms with Crippen LogP contribution >= 0.6 is 27.3 Å². The highest BCUT2D eigenvalue weighted by molar-refractivity contribution is 9.10. The van der Waals surface area contributed by atoms with Crippen LogP contribution in [0.2, 0.25) is 0 Å². The molecule has 1 aromatic heterocycles. The Hall–Kier alpha value is -0.940. The van der Waals surface area contributed by atoms with Crippen molar-refractivity contribution in [1.82, 2.24) is 10.2 Å². The number of hydrogen-bond donors (Lipinski definition) is 0. The van der Waals surface area contributed by atoms with Crippen molar-refractivity contribution in [3.8, 4) is 0 Å². The first kappa shape index (κ1) is 11.5. The Balaban J connectivity index is 2.14. The molecule has 0 atom stereocenters. The van der Waals surface area contributed by atoms with E-state index in [-0.39, 0.29) is 0 Å². The second kappa shape index (κ2) is 4.93. The number of hydrogen-bond acceptors (Lipinski definition) is 4. The standard InChI is InChI=1S/C11H12BrN3S/c1-15(2)11-14-13-10(16-11)7-8-4-3-5-9(12)6-8/h3-6H,7H2,1-2H3. The minimum Gasteiger partial charge on any atom is -0.353 e. The van der Waals surface area contributed by atoms with Crippen LogP contribution in [0.15, 0.2) is 28.7 Å². The van der Waals surface area contributed by atoms with Gasteiger partial charge in [-0.1, -0.05) is 39.4 Å². The van der Waals surface area contributed by atoms with Crippen LogP contribution in [0.3, 0.4) is 0 Å². The third-order valence-electron chi connectivity index (χ3n) is 2.08. The van der Waals surface area contributed by atoms with Gasteiger partial charge in [-0.3, -0.25) is 0 Å². The molecule has 2 rings (SSSR count). The molecular weight excluding hydrogens is 286 g/mol. The molecule has 0 saturated carbocycles. The molecule has 2 aromatic rings. The smallest absolute Gasteiger partial charge is 0.207 e. The molecule has 5 heteroatoms. The van der Waals surface area contributed by atoms with E-state index in [2.05, 4.69) is 38.3 Å². The summed E-state index contributed by atoms with van der Waals surface area (Å²) in [6, 6.07) is 8.26. The molecule has 0 saturated heterocycles. The molecule has 0 spiro atoms. The summed E-state index contributed by atoms with van der Waals surface area (Å²) in [5.41, 5.74) is 1.25. The van der Waals surface area contributed by atoms with E-state index in [1.165, 1.54) is 5.56 Å². The Kier molecular flexibility index (Phi) is 3.56. The van der Waals surface area contributed by atoms with Gasteiger partial charge >= 0.3 is 0 Å². The predicted octanol–water partition coefficient (Wildman–Crippen LogP) is 2.96. The van der Waals surface area contributed by atoms with Gasteiger partial charge in [0.05, 0.1) is 0 Å². The second-order valence-corrected chi connectivity index (χ2v) is 5.64. The fourth-order valence-corrected chi connectivity index (χ4v) is 2.56. The summed E-state index contributed by atoms with van der Waals surface area (Å²) in [5, 5.41) is 10.3. The summed E-state index contributed by atoms with van der Waals surface area (Å²) in [4.78, 5) is 1.97. The quantitative estimate of drug-likeness (QED) is 0.872. The Morgan fingerprint density at radius 3 is 2.75 bits per heavy atom. The van der Waals surface area contributed by atoms with E-state index in [0.29, 0.717) is 0 Å². The maximum Gasteiger partial charge on any atom is 0.207 e. The minimum atomic E-state index is 0.838. The van der Waals surface area contributed by atoms with Gasteiger partial charge in [0, 0.05) is 25.0 Å². The Morgan fingerprint density at radius 1 is 1.31 bits per heavy atom. The van der Waals surface area contributed by atoms with Crippen molar-refractivity contribution in [3.05, 3.63) is 39.3 Å². The van der Waals surface area contributed by atoms with E-state index in [9.17, 15) is 0 Å². The SMILES string of the molecule is CN(C)c1nnc(Cc2cccc(Br)c2)s1. The highest BCUT2D eigenvalue weighted by Crippen LogP contribution is 2.21. The van der Waals surface area contributed by atoms with E-state index >= 15 is 0 Å². The first-order chi connectivity index (χ1) is 7.65. The van der Waals surface area contributed by atoms with Crippen LogP contribution in [-0.4, -0.2) is 24.3 Å². The van der Waals surface area contributed by atoms with Crippen LogP contribution in [0, 0.1) is 0 Å². The van der Waals surface area contributed by atoms with Crippen molar-refractivity contribution in [1.29, 1.82) is 0 Å². The topological polar surface area (TPSA) is 29.0 Å². The monoisotopic (exact) mass is 297 g/mol. The number of halogens is 1. The van der Waals surface area contributed by atoms with Crippen LogP contribution in [0.25, 0.3) is 0 Å². The summed E-state index contributed by atoms with van der Waals surface area (Å²) in [6.45, 7) is 0. The predicted molar refractivity (Wildman–Crippen MR) is 71.2 cm³/mol. The molecule has 0 radical (unpaired) electrons. The lowest BCUT2D eigenvalue weighted by molar-refractivity contribution is 0.972. The molecule has 16 heavy (non-hydrogen) atoms. The number of rotatable bonds is 3. The van der Waals surface area contributed by atoms with Gasteiger partial charge in [-0.05, 0) is 17.7 Å². The molecule has 0 unspecified atom stereocenters. The van der Waals surface area contributed by atoms with Crippen molar-refractivity contribution in [2.45, 2.75) is 6.42 Å². The van der Waals surface area contributed by atoms with Crippen molar-refractivity contribution in [2.24, 2.45) is 0 Å². The number of aromatic nitrogens is 2. The summed E-state index contributed by atoms with van der Waals surface area (Å²) in [5.74, 6) is 0. The van der Waals surface area contributed by atoms with Gasteiger partial charge in [0.1, 0.15) is 5.01 Å². The van der Waals surface area contributed by atoms with Gasteiger partial charge in [-0.2, -0.15) is 0 Å². The molecule has 1 heterocycles. The van der Waals surface area contributed by atoms with Crippen LogP contribution in [0.4, 0.5) is 5.13 Å². The molecule has 3 nitrogen and oxygen atoms in total. The first-order valence-electron chi connectivity index (χ1n) is 4.89. The fraction of sp³-hybridized carbons (Fsp3) is 0.273. The van der Waals surface area contributed by atoms with Gasteiger partial charge < -0.3 is 4.90 Å². The minimum absolute atomic E-state index is 0.838. The highest BCUT2D eigenvalue weighted by atomic mass is 79.9. The van der Waals surface area contributed by atoms with Gasteiger partial charge in [0.2, 0.25) is 5.13 Å². The van der Waals surface area contributed by atoms with Gasteiger partial charge in [-0.25, -0.2) is 0 Å². The van der Waals surface area contributed by atoms with Gasteiger partial charge in [-0.15, -0.1) is 10.2 Å². The number of anilines is 1. The zero-order chi connectivity index (χ0) is 11.5. The van der Waals surface area contributed by atoms with Crippen LogP contribution in [0.1, 0.15) is 10.6 Å². The average molecular weight is 298 g/mol. The molecule has 84 valence electrons. The van der Waals surface area contributed by atoms with Crippen molar-refractivity contribution in [2.75, 3.05) is 19.0 Å². The number of nitrogens with zero attached hydrogens (tertiary/aromatic N) is 3. The lowest BCUT2D eigenvalue weighted by atomic mass is 10.2. The maximum atomic E-state index is 4.17. The van der Waals surface area contributed by atoms with E-state index in [1.54, 1.807) is 11.3 Å². The molecule has 0 fully saturated rings. The third kappa shape index (κ3) is 2.80. The van der Waals surface area contributed by atoms with E-state index < -0.39 is 0 Å². The fourth-order valence-electron chi connectivity index (χ4n) is 1.32. The van der Waals surface area contributed by atoms with Crippen LogP contribution in [-0.2, 0) is 6.42 Å². The Labute approximate surface area is 107 Å². The van der Waals surface area contributed by atoms with Crippen molar-refractivity contribution in [3.63, 3.8) is 0 Å². The largest absolute Gasteiger partial charge is 0.353 e. The highest BCUT2D eigenvalue weighted by Gasteiger charge is 2.06. The third-order valence-corrected chi connectivity index (χ3v) is 3.67. The molecule has 0 aliphatic carbocycles. The van der Waals surface area contributed by atoms with E-state index in [0.717, 1.165) is 21.0 Å². The summed E-state index contributed by atoms with van der Waals surface area (Å²) < 4.78 is 1.10. The molecule has 1 aromatic carbocycles. The van der Waals surface area contributed by atoms with E-state index in [1.807, 2.05) is 31.1 Å². The molecule has 0 N–H and O–H groups in total. The molecular formula is C11H12BrN3S. The lowest BCUT2D eigenvalue weighted by Gasteiger charge is -2.03. The summed E-state index contributed by atoms with van der Waals surface area (Å²) in [6.07, 6.45) is 0.838. The van der Waals surface area contributed by atoms with Crippen molar-refractivity contribution >= 4 is 32.4 Å². The Bertz CT molecular complexity index is 482. The molecule has 0 aliphatic heterocycles. The first-order valence-corrected chi connectivity index (χ1v) is 6.50. The zero-order valence-electron chi connectivity index (χ0n) is 9.14. The lowest BCUT2D eigenvalue weighted by Crippen LogP contribution is -2.07. The molecule has 0 bridgehead atoms. The maximum absolute atomic E-state index is 4.17. The van der Waals surface area contributed by atoms with Crippen LogP contribution < -0.4 is 4.90 Å². The van der Waals surface area contributed by atoms with E-state index in [4.69, 9.17) is 0 Å². The number of benzene rings is 1. The summed E-state index contributed by atoms with van der Waals surface area (Å²) in [7, 11) is 3.95.